The SMILES string of the molecule is CC(C)CN(C[C@@H](O)[C@@H](CC(=O)O[C@H]1CO[C@H]2OCC[C@H]21)Cc1ccccc1)S(=O)(=O)c1ccc(N)cc1. The fourth-order valence-corrected chi connectivity index (χ4v) is 6.69. The first kappa shape index (κ1) is 28.5. The maximum Gasteiger partial charge on any atom is 0.306 e. The zero-order chi connectivity index (χ0) is 27.3. The van der Waals surface area contributed by atoms with Crippen LogP contribution in [0.25, 0.3) is 0 Å². The second kappa shape index (κ2) is 12.6. The highest BCUT2D eigenvalue weighted by atomic mass is 32.2. The lowest BCUT2D eigenvalue weighted by Crippen LogP contribution is -2.43. The number of hydrogen-bond acceptors (Lipinski definition) is 8. The molecule has 5 atom stereocenters. The van der Waals surface area contributed by atoms with E-state index in [1.165, 1.54) is 28.6 Å². The Morgan fingerprint density at radius 1 is 1.11 bits per heavy atom. The van der Waals surface area contributed by atoms with Crippen molar-refractivity contribution in [2.24, 2.45) is 17.8 Å². The number of esters is 1. The Labute approximate surface area is 224 Å². The Morgan fingerprint density at radius 3 is 2.50 bits per heavy atom. The summed E-state index contributed by atoms with van der Waals surface area (Å²) in [6, 6.07) is 15.5. The third-order valence-corrected chi connectivity index (χ3v) is 8.90. The number of rotatable bonds is 12. The van der Waals surface area contributed by atoms with Crippen molar-refractivity contribution in [3.63, 3.8) is 0 Å². The van der Waals surface area contributed by atoms with Gasteiger partial charge < -0.3 is 25.1 Å². The Bertz CT molecular complexity index is 1160. The maximum atomic E-state index is 13.5. The van der Waals surface area contributed by atoms with Crippen LogP contribution in [0, 0.1) is 17.8 Å². The van der Waals surface area contributed by atoms with Crippen LogP contribution >= 0.6 is 0 Å². The number of benzene rings is 2. The van der Waals surface area contributed by atoms with Gasteiger partial charge >= 0.3 is 5.97 Å². The Hall–Kier alpha value is -2.50. The Balaban J connectivity index is 1.51. The minimum atomic E-state index is -3.90. The fourth-order valence-electron chi connectivity index (χ4n) is 5.06. The summed E-state index contributed by atoms with van der Waals surface area (Å²) in [5, 5.41) is 11.4. The maximum absolute atomic E-state index is 13.5. The largest absolute Gasteiger partial charge is 0.459 e. The van der Waals surface area contributed by atoms with Crippen molar-refractivity contribution in [3.05, 3.63) is 60.2 Å². The van der Waals surface area contributed by atoms with E-state index < -0.39 is 28.0 Å². The van der Waals surface area contributed by atoms with E-state index in [0.717, 1.165) is 12.0 Å². The van der Waals surface area contributed by atoms with Gasteiger partial charge in [-0.3, -0.25) is 4.79 Å². The summed E-state index contributed by atoms with van der Waals surface area (Å²) < 4.78 is 45.2. The van der Waals surface area contributed by atoms with E-state index in [0.29, 0.717) is 18.7 Å². The van der Waals surface area contributed by atoms with Crippen molar-refractivity contribution in [2.45, 2.75) is 56.5 Å². The normalized spacial score (nSPS) is 22.9. The molecule has 0 saturated carbocycles. The quantitative estimate of drug-likeness (QED) is 0.307. The summed E-state index contributed by atoms with van der Waals surface area (Å²) in [5.41, 5.74) is 7.15. The van der Waals surface area contributed by atoms with Gasteiger partial charge in [0.1, 0.15) is 6.10 Å². The molecule has 0 unspecified atom stereocenters. The number of nitrogen functional groups attached to an aromatic ring is 1. The van der Waals surface area contributed by atoms with Crippen LogP contribution in [0.15, 0.2) is 59.5 Å². The number of aliphatic hydroxyl groups is 1. The molecule has 2 heterocycles. The average molecular weight is 547 g/mol. The Kier molecular flexibility index (Phi) is 9.43. The number of anilines is 1. The zero-order valence-electron chi connectivity index (χ0n) is 21.9. The van der Waals surface area contributed by atoms with Crippen LogP contribution in [0.4, 0.5) is 5.69 Å². The van der Waals surface area contributed by atoms with Gasteiger partial charge in [0.15, 0.2) is 6.29 Å². The highest BCUT2D eigenvalue weighted by Crippen LogP contribution is 2.33. The van der Waals surface area contributed by atoms with Gasteiger partial charge in [-0.2, -0.15) is 4.31 Å². The zero-order valence-corrected chi connectivity index (χ0v) is 22.8. The van der Waals surface area contributed by atoms with E-state index in [4.69, 9.17) is 19.9 Å². The van der Waals surface area contributed by atoms with Crippen LogP contribution in [0.5, 0.6) is 0 Å². The minimum absolute atomic E-state index is 0.0167. The number of aliphatic hydroxyl groups excluding tert-OH is 1. The molecule has 2 aromatic rings. The lowest BCUT2D eigenvalue weighted by Gasteiger charge is -2.30. The summed E-state index contributed by atoms with van der Waals surface area (Å²) in [6.07, 6.45) is -0.708. The van der Waals surface area contributed by atoms with E-state index in [9.17, 15) is 18.3 Å². The molecule has 4 rings (SSSR count). The molecule has 2 fully saturated rings. The van der Waals surface area contributed by atoms with Crippen molar-refractivity contribution >= 4 is 21.7 Å². The van der Waals surface area contributed by atoms with Gasteiger partial charge in [0.05, 0.1) is 36.6 Å². The molecular formula is C28H38N2O7S. The number of hydrogen-bond donors (Lipinski definition) is 2. The second-order valence-corrected chi connectivity index (χ2v) is 12.5. The van der Waals surface area contributed by atoms with Crippen molar-refractivity contribution in [1.29, 1.82) is 0 Å². The van der Waals surface area contributed by atoms with E-state index in [1.54, 1.807) is 0 Å². The molecule has 9 nitrogen and oxygen atoms in total. The van der Waals surface area contributed by atoms with E-state index >= 15 is 0 Å². The standard InChI is InChI=1S/C28H38N2O7S/c1-19(2)16-30(38(33,34)23-10-8-22(29)9-11-23)17-25(31)21(14-20-6-4-3-5-7-20)15-27(32)37-26-18-36-28-24(26)12-13-35-28/h3-11,19,21,24-26,28,31H,12-18,29H2,1-2H3/t21-,24+,25-,26+,28-/m1/s1. The highest BCUT2D eigenvalue weighted by Gasteiger charge is 2.44. The predicted molar refractivity (Wildman–Crippen MR) is 142 cm³/mol. The van der Waals surface area contributed by atoms with Crippen molar-refractivity contribution < 1.29 is 32.5 Å². The van der Waals surface area contributed by atoms with Crippen LogP contribution in [0.3, 0.4) is 0 Å². The van der Waals surface area contributed by atoms with Gasteiger partial charge in [0.25, 0.3) is 0 Å². The molecule has 38 heavy (non-hydrogen) atoms. The molecule has 0 aromatic heterocycles. The summed E-state index contributed by atoms with van der Waals surface area (Å²) >= 11 is 0. The monoisotopic (exact) mass is 546 g/mol. The minimum Gasteiger partial charge on any atom is -0.459 e. The van der Waals surface area contributed by atoms with Crippen LogP contribution in [-0.4, -0.2) is 68.6 Å². The number of nitrogens with two attached hydrogens (primary N) is 1. The molecule has 2 aliphatic heterocycles. The summed E-state index contributed by atoms with van der Waals surface area (Å²) in [7, 11) is -3.90. The topological polar surface area (TPSA) is 128 Å². The first-order valence-corrected chi connectivity index (χ1v) is 14.6. The summed E-state index contributed by atoms with van der Waals surface area (Å²) in [5.74, 6) is -0.961. The van der Waals surface area contributed by atoms with Crippen LogP contribution in [-0.2, 0) is 35.4 Å². The van der Waals surface area contributed by atoms with Crippen molar-refractivity contribution in [2.75, 3.05) is 32.0 Å². The highest BCUT2D eigenvalue weighted by molar-refractivity contribution is 7.89. The smallest absolute Gasteiger partial charge is 0.306 e. The molecule has 3 N–H and O–H groups in total. The van der Waals surface area contributed by atoms with E-state index in [1.807, 2.05) is 44.2 Å². The van der Waals surface area contributed by atoms with Gasteiger partial charge in [-0.05, 0) is 48.6 Å². The third kappa shape index (κ3) is 7.12. The molecule has 2 aromatic carbocycles. The number of sulfonamides is 1. The molecule has 10 heteroatoms. The lowest BCUT2D eigenvalue weighted by atomic mass is 9.90. The summed E-state index contributed by atoms with van der Waals surface area (Å²) in [4.78, 5) is 13.1. The molecule has 0 aliphatic carbocycles. The summed E-state index contributed by atoms with van der Waals surface area (Å²) in [6.45, 7) is 4.76. The number of ether oxygens (including phenoxy) is 3. The first-order chi connectivity index (χ1) is 18.1. The van der Waals surface area contributed by atoms with Crippen LogP contribution in [0.1, 0.15) is 32.3 Å². The molecule has 2 aliphatic rings. The second-order valence-electron chi connectivity index (χ2n) is 10.6. The van der Waals surface area contributed by atoms with Gasteiger partial charge in [0, 0.05) is 24.7 Å². The van der Waals surface area contributed by atoms with E-state index in [2.05, 4.69) is 0 Å². The number of carbonyl (C=O) groups excluding carboxylic acids is 1. The van der Waals surface area contributed by atoms with Crippen molar-refractivity contribution in [3.8, 4) is 0 Å². The van der Waals surface area contributed by atoms with Crippen LogP contribution in [0.2, 0.25) is 0 Å². The van der Waals surface area contributed by atoms with Crippen LogP contribution < -0.4 is 5.73 Å². The van der Waals surface area contributed by atoms with Gasteiger partial charge in [0.2, 0.25) is 10.0 Å². The molecule has 0 radical (unpaired) electrons. The van der Waals surface area contributed by atoms with Crippen molar-refractivity contribution in [1.82, 2.24) is 4.31 Å². The third-order valence-electron chi connectivity index (χ3n) is 7.06. The average Bonchev–Trinajstić information content (AvgIpc) is 3.49. The molecular weight excluding hydrogens is 508 g/mol. The molecule has 2 saturated heterocycles. The predicted octanol–water partition coefficient (Wildman–Crippen LogP) is 2.83. The van der Waals surface area contributed by atoms with E-state index in [-0.39, 0.29) is 55.2 Å². The molecule has 0 spiro atoms. The Morgan fingerprint density at radius 2 is 1.82 bits per heavy atom. The molecule has 0 bridgehead atoms. The number of nitrogens with zero attached hydrogens (tertiary/aromatic N) is 1. The molecule has 0 amide bonds. The van der Waals surface area contributed by atoms with Gasteiger partial charge in [-0.25, -0.2) is 8.42 Å². The van der Waals surface area contributed by atoms with Gasteiger partial charge in [-0.15, -0.1) is 0 Å². The van der Waals surface area contributed by atoms with Gasteiger partial charge in [-0.1, -0.05) is 44.2 Å². The fraction of sp³-hybridized carbons (Fsp3) is 0.536. The lowest BCUT2D eigenvalue weighted by molar-refractivity contribution is -0.153. The number of fused-ring (bicyclic) bond motifs is 1. The first-order valence-electron chi connectivity index (χ1n) is 13.1. The molecule has 208 valence electrons. The number of carbonyl (C=O) groups is 1.